The van der Waals surface area contributed by atoms with Crippen LogP contribution in [0.2, 0.25) is 5.02 Å². The Morgan fingerprint density at radius 1 is 1.09 bits per heavy atom. The molecule has 1 aliphatic heterocycles. The van der Waals surface area contributed by atoms with Gasteiger partial charge in [-0.2, -0.15) is 0 Å². The van der Waals surface area contributed by atoms with E-state index in [1.54, 1.807) is 25.1 Å². The van der Waals surface area contributed by atoms with Crippen LogP contribution in [0.15, 0.2) is 54.6 Å². The van der Waals surface area contributed by atoms with E-state index < -0.39 is 11.7 Å². The average Bonchev–Trinajstić information content (AvgIpc) is 2.93. The molecule has 6 nitrogen and oxygen atoms in total. The molecule has 2 aromatic rings. The first-order valence-electron chi connectivity index (χ1n) is 12.0. The normalized spacial score (nSPS) is 14.1. The van der Waals surface area contributed by atoms with Gasteiger partial charge >= 0.3 is 6.09 Å². The summed E-state index contributed by atoms with van der Waals surface area (Å²) in [5.74, 6) is -0.132. The summed E-state index contributed by atoms with van der Waals surface area (Å²) in [7, 11) is 3.39. The third-order valence-corrected chi connectivity index (χ3v) is 6.06. The van der Waals surface area contributed by atoms with E-state index in [0.717, 1.165) is 24.2 Å². The molecule has 1 atom stereocenters. The Balaban J connectivity index is 1.95. The van der Waals surface area contributed by atoms with Crippen LogP contribution in [-0.4, -0.2) is 60.6 Å². The van der Waals surface area contributed by atoms with E-state index in [9.17, 15) is 9.59 Å². The number of amides is 2. The smallest absolute Gasteiger partial charge is 0.410 e. The molecule has 0 bridgehead atoms. The number of carbonyl (C=O) groups is 2. The van der Waals surface area contributed by atoms with Crippen molar-refractivity contribution in [2.24, 2.45) is 0 Å². The molecule has 0 radical (unpaired) electrons. The second-order valence-corrected chi connectivity index (χ2v) is 10.6. The lowest BCUT2D eigenvalue weighted by molar-refractivity contribution is -0.123. The predicted octanol–water partition coefficient (Wildman–Crippen LogP) is 5.85. The van der Waals surface area contributed by atoms with Crippen molar-refractivity contribution in [1.82, 2.24) is 9.80 Å². The van der Waals surface area contributed by atoms with Gasteiger partial charge in [-0.15, -0.1) is 0 Å². The highest BCUT2D eigenvalue weighted by Crippen LogP contribution is 2.39. The van der Waals surface area contributed by atoms with Gasteiger partial charge in [0.05, 0.1) is 0 Å². The monoisotopic (exact) mass is 497 g/mol. The maximum Gasteiger partial charge on any atom is 0.410 e. The van der Waals surface area contributed by atoms with Gasteiger partial charge in [-0.05, 0) is 69.9 Å². The number of carbonyl (C=O) groups excluding carboxylic acids is 2. The van der Waals surface area contributed by atoms with Gasteiger partial charge in [-0.3, -0.25) is 4.79 Å². The third-order valence-electron chi connectivity index (χ3n) is 5.83. The molecule has 7 heteroatoms. The van der Waals surface area contributed by atoms with Gasteiger partial charge in [0.25, 0.3) is 0 Å². The molecule has 35 heavy (non-hydrogen) atoms. The van der Waals surface area contributed by atoms with Gasteiger partial charge < -0.3 is 19.4 Å². The van der Waals surface area contributed by atoms with E-state index in [0.29, 0.717) is 11.6 Å². The maximum absolute atomic E-state index is 13.1. The molecule has 3 rings (SSSR count). The Morgan fingerprint density at radius 2 is 1.74 bits per heavy atom. The quantitative estimate of drug-likeness (QED) is 0.470. The largest absolute Gasteiger partial charge is 0.444 e. The fourth-order valence-electron chi connectivity index (χ4n) is 4.18. The molecule has 1 unspecified atom stereocenters. The molecule has 0 aliphatic carbocycles. The van der Waals surface area contributed by atoms with Gasteiger partial charge in [0, 0.05) is 55.7 Å². The molecule has 2 amide bonds. The standard InChI is InChI=1S/C28H36ClN3O3/c1-20(19-31(27(34)35-28(2,3)4)17-9-12-26(33)30(5)6)32-24-11-8-7-10-21(24)13-14-22-15-16-23(29)18-25(22)32/h7-12,15-16,18,20H,13-14,17,19H2,1-6H3/b12-9+. The molecule has 2 aromatic carbocycles. The van der Waals surface area contributed by atoms with Crippen LogP contribution in [0.3, 0.4) is 0 Å². The van der Waals surface area contributed by atoms with E-state index >= 15 is 0 Å². The fraction of sp³-hybridized carbons (Fsp3) is 0.429. The minimum atomic E-state index is -0.628. The highest BCUT2D eigenvalue weighted by atomic mass is 35.5. The van der Waals surface area contributed by atoms with Crippen LogP contribution in [-0.2, 0) is 22.4 Å². The van der Waals surface area contributed by atoms with Gasteiger partial charge in [-0.25, -0.2) is 4.79 Å². The Kier molecular flexibility index (Phi) is 8.49. The number of fused-ring (bicyclic) bond motifs is 2. The summed E-state index contributed by atoms with van der Waals surface area (Å²) >= 11 is 6.42. The number of aryl methyl sites for hydroxylation is 2. The summed E-state index contributed by atoms with van der Waals surface area (Å²) in [5, 5.41) is 0.675. The molecular weight excluding hydrogens is 462 g/mol. The van der Waals surface area contributed by atoms with Crippen LogP contribution in [0.1, 0.15) is 38.8 Å². The van der Waals surface area contributed by atoms with E-state index in [1.807, 2.05) is 39.0 Å². The zero-order valence-electron chi connectivity index (χ0n) is 21.5. The summed E-state index contributed by atoms with van der Waals surface area (Å²) in [6.45, 7) is 8.30. The lowest BCUT2D eigenvalue weighted by Gasteiger charge is -2.36. The van der Waals surface area contributed by atoms with Crippen LogP contribution in [0.5, 0.6) is 0 Å². The van der Waals surface area contributed by atoms with Crippen molar-refractivity contribution in [3.63, 3.8) is 0 Å². The van der Waals surface area contributed by atoms with Crippen LogP contribution < -0.4 is 4.90 Å². The SMILES string of the molecule is CC(CN(C/C=C/C(=O)N(C)C)C(=O)OC(C)(C)C)N1c2ccccc2CCc2ccc(Cl)cc21. The molecule has 0 aromatic heterocycles. The Bertz CT molecular complexity index is 1090. The first-order chi connectivity index (χ1) is 16.5. The van der Waals surface area contributed by atoms with Crippen molar-refractivity contribution >= 4 is 35.0 Å². The molecule has 0 saturated heterocycles. The zero-order chi connectivity index (χ0) is 25.8. The first-order valence-corrected chi connectivity index (χ1v) is 12.4. The van der Waals surface area contributed by atoms with Crippen LogP contribution in [0.4, 0.5) is 16.2 Å². The fourth-order valence-corrected chi connectivity index (χ4v) is 4.35. The van der Waals surface area contributed by atoms with Gasteiger partial charge in [0.2, 0.25) is 5.91 Å². The molecule has 0 fully saturated rings. The number of rotatable bonds is 6. The number of hydrogen-bond donors (Lipinski definition) is 0. The maximum atomic E-state index is 13.1. The minimum Gasteiger partial charge on any atom is -0.444 e. The molecule has 0 saturated carbocycles. The highest BCUT2D eigenvalue weighted by molar-refractivity contribution is 6.30. The molecular formula is C28H36ClN3O3. The number of nitrogens with zero attached hydrogens (tertiary/aromatic N) is 3. The second-order valence-electron chi connectivity index (χ2n) is 10.1. The van der Waals surface area contributed by atoms with Gasteiger partial charge in [0.15, 0.2) is 0 Å². The number of ether oxygens (including phenoxy) is 1. The lowest BCUT2D eigenvalue weighted by atomic mass is 10.0. The molecule has 188 valence electrons. The van der Waals surface area contributed by atoms with Crippen molar-refractivity contribution in [2.45, 2.75) is 52.2 Å². The average molecular weight is 498 g/mol. The Hall–Kier alpha value is -2.99. The van der Waals surface area contributed by atoms with E-state index in [-0.39, 0.29) is 18.5 Å². The lowest BCUT2D eigenvalue weighted by Crippen LogP contribution is -2.45. The molecule has 1 aliphatic rings. The summed E-state index contributed by atoms with van der Waals surface area (Å²) in [6.07, 6.45) is 4.62. The minimum absolute atomic E-state index is 0.0862. The van der Waals surface area contributed by atoms with Crippen LogP contribution >= 0.6 is 11.6 Å². The van der Waals surface area contributed by atoms with Crippen molar-refractivity contribution in [2.75, 3.05) is 32.1 Å². The number of hydrogen-bond acceptors (Lipinski definition) is 4. The number of halogens is 1. The first kappa shape index (κ1) is 26.6. The van der Waals surface area contributed by atoms with Crippen molar-refractivity contribution in [3.05, 3.63) is 70.8 Å². The number of benzene rings is 2. The molecule has 0 spiro atoms. The van der Waals surface area contributed by atoms with Gasteiger partial charge in [-0.1, -0.05) is 41.9 Å². The van der Waals surface area contributed by atoms with Crippen molar-refractivity contribution < 1.29 is 14.3 Å². The van der Waals surface area contributed by atoms with Gasteiger partial charge in [0.1, 0.15) is 5.60 Å². The molecule has 1 heterocycles. The second kappa shape index (κ2) is 11.2. The van der Waals surface area contributed by atoms with Crippen LogP contribution in [0, 0.1) is 0 Å². The topological polar surface area (TPSA) is 53.1 Å². The summed E-state index contributed by atoms with van der Waals surface area (Å²) in [6, 6.07) is 14.3. The third kappa shape index (κ3) is 7.01. The number of para-hydroxylation sites is 1. The van der Waals surface area contributed by atoms with E-state index in [2.05, 4.69) is 36.1 Å². The Morgan fingerprint density at radius 3 is 2.40 bits per heavy atom. The number of likely N-dealkylation sites (N-methyl/N-ethyl adjacent to an activating group) is 1. The predicted molar refractivity (Wildman–Crippen MR) is 143 cm³/mol. The summed E-state index contributed by atoms with van der Waals surface area (Å²) < 4.78 is 5.69. The van der Waals surface area contributed by atoms with Crippen molar-refractivity contribution in [1.29, 1.82) is 0 Å². The zero-order valence-corrected chi connectivity index (χ0v) is 22.3. The van der Waals surface area contributed by atoms with E-state index in [1.165, 1.54) is 22.1 Å². The van der Waals surface area contributed by atoms with Crippen molar-refractivity contribution in [3.8, 4) is 0 Å². The Labute approximate surface area is 214 Å². The van der Waals surface area contributed by atoms with Crippen LogP contribution in [0.25, 0.3) is 0 Å². The number of anilines is 2. The highest BCUT2D eigenvalue weighted by Gasteiger charge is 2.29. The molecule has 0 N–H and O–H groups in total. The van der Waals surface area contributed by atoms with E-state index in [4.69, 9.17) is 16.3 Å². The summed E-state index contributed by atoms with van der Waals surface area (Å²) in [4.78, 5) is 30.6. The summed E-state index contributed by atoms with van der Waals surface area (Å²) in [5.41, 5.74) is 4.02.